The predicted octanol–water partition coefficient (Wildman–Crippen LogP) is 3.61. The van der Waals surface area contributed by atoms with Crippen molar-refractivity contribution in [1.29, 1.82) is 0 Å². The number of amides is 2. The van der Waals surface area contributed by atoms with E-state index < -0.39 is 17.5 Å². The summed E-state index contributed by atoms with van der Waals surface area (Å²) in [5.41, 5.74) is 1.82. The van der Waals surface area contributed by atoms with Crippen molar-refractivity contribution >= 4 is 28.8 Å². The number of aryl methyl sites for hydroxylation is 1. The maximum Gasteiger partial charge on any atom is 0.243 e. The number of aromatic nitrogens is 1. The first-order chi connectivity index (χ1) is 14.4. The number of hydrogen-bond donors (Lipinski definition) is 2. The second-order valence-electron chi connectivity index (χ2n) is 6.46. The third kappa shape index (κ3) is 6.35. The van der Waals surface area contributed by atoms with E-state index in [0.717, 1.165) is 28.5 Å². The molecule has 156 valence electrons. The molecule has 0 saturated carbocycles. The molecule has 0 aliphatic carbocycles. The van der Waals surface area contributed by atoms with Crippen LogP contribution in [0.25, 0.3) is 0 Å². The van der Waals surface area contributed by atoms with E-state index in [1.54, 1.807) is 5.38 Å². The molecule has 2 amide bonds. The van der Waals surface area contributed by atoms with E-state index >= 15 is 0 Å². The maximum absolute atomic E-state index is 13.1. The van der Waals surface area contributed by atoms with Gasteiger partial charge in [-0.15, -0.1) is 11.3 Å². The van der Waals surface area contributed by atoms with Gasteiger partial charge in [0.1, 0.15) is 17.4 Å². The topological polar surface area (TPSA) is 80.3 Å². The number of ether oxygens (including phenoxy) is 1. The Balaban J connectivity index is 1.41. The van der Waals surface area contributed by atoms with Gasteiger partial charge < -0.3 is 15.4 Å². The zero-order chi connectivity index (χ0) is 21.5. The number of nitrogens with zero attached hydrogens (tertiary/aromatic N) is 1. The van der Waals surface area contributed by atoms with Crippen LogP contribution >= 0.6 is 11.3 Å². The molecular weight excluding hydrogens is 412 g/mol. The summed E-state index contributed by atoms with van der Waals surface area (Å²) in [7, 11) is 0. The monoisotopic (exact) mass is 431 g/mol. The van der Waals surface area contributed by atoms with Crippen LogP contribution in [-0.4, -0.2) is 23.3 Å². The fourth-order valence-corrected chi connectivity index (χ4v) is 3.17. The van der Waals surface area contributed by atoms with Crippen LogP contribution in [-0.2, 0) is 22.6 Å². The van der Waals surface area contributed by atoms with E-state index in [9.17, 15) is 18.4 Å². The number of rotatable bonds is 8. The van der Waals surface area contributed by atoms with Crippen LogP contribution in [0, 0.1) is 18.6 Å². The van der Waals surface area contributed by atoms with Gasteiger partial charge in [-0.3, -0.25) is 9.59 Å². The van der Waals surface area contributed by atoms with Crippen molar-refractivity contribution in [2.45, 2.75) is 20.0 Å². The molecule has 2 aromatic carbocycles. The molecule has 3 aromatic rings. The van der Waals surface area contributed by atoms with E-state index in [1.165, 1.54) is 17.4 Å². The molecule has 30 heavy (non-hydrogen) atoms. The normalized spacial score (nSPS) is 10.5. The highest BCUT2D eigenvalue weighted by atomic mass is 32.1. The van der Waals surface area contributed by atoms with E-state index in [0.29, 0.717) is 12.3 Å². The number of nitrogens with one attached hydrogen (secondary N) is 2. The Morgan fingerprint density at radius 2 is 1.83 bits per heavy atom. The van der Waals surface area contributed by atoms with Crippen LogP contribution in [0.5, 0.6) is 5.75 Å². The fourth-order valence-electron chi connectivity index (χ4n) is 2.46. The second-order valence-corrected chi connectivity index (χ2v) is 7.41. The Hall–Kier alpha value is -3.33. The van der Waals surface area contributed by atoms with Crippen molar-refractivity contribution in [3.63, 3.8) is 0 Å². The minimum Gasteiger partial charge on any atom is -0.486 e. The summed E-state index contributed by atoms with van der Waals surface area (Å²) >= 11 is 1.38. The average molecular weight is 431 g/mol. The molecule has 0 aliphatic rings. The quantitative estimate of drug-likeness (QED) is 0.571. The van der Waals surface area contributed by atoms with Gasteiger partial charge in [0, 0.05) is 17.1 Å². The van der Waals surface area contributed by atoms with Gasteiger partial charge in [-0.05, 0) is 31.2 Å². The lowest BCUT2D eigenvalue weighted by Gasteiger charge is -2.07. The molecule has 1 aromatic heterocycles. The predicted molar refractivity (Wildman–Crippen MR) is 109 cm³/mol. The van der Waals surface area contributed by atoms with Crippen molar-refractivity contribution < 1.29 is 23.1 Å². The number of halogens is 2. The summed E-state index contributed by atoms with van der Waals surface area (Å²) in [6.45, 7) is 1.99. The van der Waals surface area contributed by atoms with E-state index in [4.69, 9.17) is 4.74 Å². The molecule has 1 heterocycles. The van der Waals surface area contributed by atoms with Crippen LogP contribution in [0.1, 0.15) is 16.3 Å². The van der Waals surface area contributed by atoms with Gasteiger partial charge in [-0.1, -0.05) is 17.7 Å². The van der Waals surface area contributed by atoms with Crippen LogP contribution in [0.15, 0.2) is 47.8 Å². The summed E-state index contributed by atoms with van der Waals surface area (Å²) in [6.07, 6.45) is 0.0134. The Morgan fingerprint density at radius 1 is 1.07 bits per heavy atom. The largest absolute Gasteiger partial charge is 0.486 e. The smallest absolute Gasteiger partial charge is 0.243 e. The molecule has 0 radical (unpaired) electrons. The van der Waals surface area contributed by atoms with E-state index in [2.05, 4.69) is 15.6 Å². The lowest BCUT2D eigenvalue weighted by molar-refractivity contribution is -0.123. The number of carbonyl (C=O) groups is 2. The first kappa shape index (κ1) is 21.4. The summed E-state index contributed by atoms with van der Waals surface area (Å²) < 4.78 is 31.7. The van der Waals surface area contributed by atoms with Crippen LogP contribution in [0.3, 0.4) is 0 Å². The lowest BCUT2D eigenvalue weighted by Crippen LogP contribution is -2.33. The highest BCUT2D eigenvalue weighted by molar-refractivity contribution is 7.09. The first-order valence-electron chi connectivity index (χ1n) is 9.03. The van der Waals surface area contributed by atoms with Gasteiger partial charge in [0.15, 0.2) is 11.6 Å². The molecule has 0 unspecified atom stereocenters. The minimum absolute atomic E-state index is 0.0134. The SMILES string of the molecule is Cc1ccc(OCc2nc(CC(=O)NCC(=O)Nc3ccc(F)c(F)c3)cs2)cc1. The van der Waals surface area contributed by atoms with Gasteiger partial charge in [0.05, 0.1) is 18.7 Å². The van der Waals surface area contributed by atoms with Gasteiger partial charge in [-0.2, -0.15) is 0 Å². The molecule has 9 heteroatoms. The molecule has 2 N–H and O–H groups in total. The number of carbonyl (C=O) groups excluding carboxylic acids is 2. The van der Waals surface area contributed by atoms with E-state index in [-0.39, 0.29) is 24.6 Å². The van der Waals surface area contributed by atoms with Gasteiger partial charge in [0.2, 0.25) is 11.8 Å². The Morgan fingerprint density at radius 3 is 2.57 bits per heavy atom. The van der Waals surface area contributed by atoms with E-state index in [1.807, 2.05) is 31.2 Å². The second kappa shape index (κ2) is 9.93. The average Bonchev–Trinajstić information content (AvgIpc) is 3.16. The first-order valence-corrected chi connectivity index (χ1v) is 9.91. The van der Waals surface area contributed by atoms with Gasteiger partial charge in [0.25, 0.3) is 0 Å². The van der Waals surface area contributed by atoms with Crippen molar-refractivity contribution in [3.05, 3.63) is 75.7 Å². The zero-order valence-electron chi connectivity index (χ0n) is 16.1. The number of thiazole rings is 1. The lowest BCUT2D eigenvalue weighted by atomic mass is 10.2. The Kier molecular flexibility index (Phi) is 7.08. The molecule has 0 spiro atoms. The van der Waals surface area contributed by atoms with Crippen LogP contribution < -0.4 is 15.4 Å². The van der Waals surface area contributed by atoms with Crippen molar-refractivity contribution in [2.24, 2.45) is 0 Å². The minimum atomic E-state index is -1.07. The summed E-state index contributed by atoms with van der Waals surface area (Å²) in [5.74, 6) is -2.27. The van der Waals surface area contributed by atoms with Crippen LogP contribution in [0.4, 0.5) is 14.5 Å². The molecule has 0 bridgehead atoms. The zero-order valence-corrected chi connectivity index (χ0v) is 16.9. The Bertz CT molecular complexity index is 1040. The van der Waals surface area contributed by atoms with Crippen LogP contribution in [0.2, 0.25) is 0 Å². The number of anilines is 1. The summed E-state index contributed by atoms with van der Waals surface area (Å²) in [6, 6.07) is 10.7. The molecule has 0 saturated heterocycles. The van der Waals surface area contributed by atoms with Gasteiger partial charge in [-0.25, -0.2) is 13.8 Å². The molecule has 3 rings (SSSR count). The van der Waals surface area contributed by atoms with Crippen molar-refractivity contribution in [1.82, 2.24) is 10.3 Å². The molecule has 0 aliphatic heterocycles. The molecular formula is C21H19F2N3O3S. The Labute approximate surface area is 175 Å². The summed E-state index contributed by atoms with van der Waals surface area (Å²) in [4.78, 5) is 28.2. The third-order valence-corrected chi connectivity index (χ3v) is 4.84. The van der Waals surface area contributed by atoms with Crippen molar-refractivity contribution in [2.75, 3.05) is 11.9 Å². The third-order valence-electron chi connectivity index (χ3n) is 3.97. The number of benzene rings is 2. The molecule has 0 fully saturated rings. The molecule has 6 nitrogen and oxygen atoms in total. The summed E-state index contributed by atoms with van der Waals surface area (Å²) in [5, 5.41) is 7.33. The molecule has 0 atom stereocenters. The maximum atomic E-state index is 13.1. The van der Waals surface area contributed by atoms with Gasteiger partial charge >= 0.3 is 0 Å². The standard InChI is InChI=1S/C21H19F2N3O3S/c1-13-2-5-16(6-3-13)29-11-21-26-15(12-30-21)9-19(27)24-10-20(28)25-14-4-7-17(22)18(23)8-14/h2-8,12H,9-11H2,1H3,(H,24,27)(H,25,28). The highest BCUT2D eigenvalue weighted by Gasteiger charge is 2.11. The highest BCUT2D eigenvalue weighted by Crippen LogP contribution is 2.16. The fraction of sp³-hybridized carbons (Fsp3) is 0.190. The number of hydrogen-bond acceptors (Lipinski definition) is 5. The van der Waals surface area contributed by atoms with Crippen molar-refractivity contribution in [3.8, 4) is 5.75 Å².